The van der Waals surface area contributed by atoms with E-state index in [1.807, 2.05) is 0 Å². The average Bonchev–Trinajstić information content (AvgIpc) is 2.91. The molecule has 1 heterocycles. The number of rotatable bonds is 3. The van der Waals surface area contributed by atoms with Gasteiger partial charge in [0.2, 0.25) is 6.79 Å². The number of fused-ring (bicyclic) bond motifs is 1. The molecule has 0 aliphatic carbocycles. The molecule has 110 valence electrons. The van der Waals surface area contributed by atoms with Gasteiger partial charge in [-0.05, 0) is 29.8 Å². The van der Waals surface area contributed by atoms with Gasteiger partial charge in [-0.2, -0.15) is 0 Å². The SMILES string of the molecule is OC(Cc1c(F)cccc1F)c1cc(Cl)c2c(c1)OCO2. The van der Waals surface area contributed by atoms with Crippen molar-refractivity contribution in [2.24, 2.45) is 0 Å². The van der Waals surface area contributed by atoms with Crippen LogP contribution in [0.3, 0.4) is 0 Å². The van der Waals surface area contributed by atoms with Crippen LogP contribution in [0, 0.1) is 11.6 Å². The average molecular weight is 313 g/mol. The minimum Gasteiger partial charge on any atom is -0.454 e. The number of halogens is 3. The molecule has 1 unspecified atom stereocenters. The lowest BCUT2D eigenvalue weighted by atomic mass is 10.00. The van der Waals surface area contributed by atoms with E-state index < -0.39 is 17.7 Å². The maximum atomic E-state index is 13.6. The summed E-state index contributed by atoms with van der Waals surface area (Å²) in [7, 11) is 0. The van der Waals surface area contributed by atoms with Crippen molar-refractivity contribution in [2.45, 2.75) is 12.5 Å². The van der Waals surface area contributed by atoms with Crippen LogP contribution in [0.1, 0.15) is 17.2 Å². The van der Waals surface area contributed by atoms with Crippen molar-refractivity contribution in [3.05, 3.63) is 58.1 Å². The summed E-state index contributed by atoms with van der Waals surface area (Å²) in [5, 5.41) is 10.5. The zero-order valence-corrected chi connectivity index (χ0v) is 11.5. The smallest absolute Gasteiger partial charge is 0.231 e. The van der Waals surface area contributed by atoms with Crippen molar-refractivity contribution >= 4 is 11.6 Å². The van der Waals surface area contributed by atoms with Gasteiger partial charge in [-0.3, -0.25) is 0 Å². The van der Waals surface area contributed by atoms with Crippen molar-refractivity contribution in [1.29, 1.82) is 0 Å². The van der Waals surface area contributed by atoms with Gasteiger partial charge < -0.3 is 14.6 Å². The van der Waals surface area contributed by atoms with Crippen LogP contribution in [0.5, 0.6) is 11.5 Å². The Morgan fingerprint density at radius 2 is 1.90 bits per heavy atom. The zero-order valence-electron chi connectivity index (χ0n) is 10.8. The highest BCUT2D eigenvalue weighted by molar-refractivity contribution is 6.32. The molecule has 0 radical (unpaired) electrons. The first-order valence-electron chi connectivity index (χ1n) is 6.26. The van der Waals surface area contributed by atoms with Crippen LogP contribution in [0.2, 0.25) is 5.02 Å². The Bertz CT molecular complexity index is 671. The van der Waals surface area contributed by atoms with E-state index in [-0.39, 0.29) is 23.8 Å². The summed E-state index contributed by atoms with van der Waals surface area (Å²) in [5.41, 5.74) is 0.241. The highest BCUT2D eigenvalue weighted by Crippen LogP contribution is 2.41. The predicted octanol–water partition coefficient (Wildman–Crippen LogP) is 3.62. The van der Waals surface area contributed by atoms with Gasteiger partial charge in [0.05, 0.1) is 11.1 Å². The van der Waals surface area contributed by atoms with E-state index in [0.717, 1.165) is 12.1 Å². The van der Waals surface area contributed by atoms with Gasteiger partial charge in [0.15, 0.2) is 11.5 Å². The fraction of sp³-hybridized carbons (Fsp3) is 0.200. The Morgan fingerprint density at radius 1 is 1.19 bits per heavy atom. The minimum atomic E-state index is -1.11. The molecule has 1 aliphatic heterocycles. The van der Waals surface area contributed by atoms with Gasteiger partial charge >= 0.3 is 0 Å². The molecule has 0 saturated heterocycles. The molecule has 1 atom stereocenters. The van der Waals surface area contributed by atoms with E-state index in [1.165, 1.54) is 12.1 Å². The minimum absolute atomic E-state index is 0.0521. The van der Waals surface area contributed by atoms with Crippen LogP contribution in [0.4, 0.5) is 8.78 Å². The second-order valence-electron chi connectivity index (χ2n) is 4.66. The lowest BCUT2D eigenvalue weighted by Crippen LogP contribution is -2.06. The Labute approximate surface area is 124 Å². The molecular weight excluding hydrogens is 302 g/mol. The first-order valence-corrected chi connectivity index (χ1v) is 6.64. The van der Waals surface area contributed by atoms with E-state index in [2.05, 4.69) is 0 Å². The fourth-order valence-corrected chi connectivity index (χ4v) is 2.49. The van der Waals surface area contributed by atoms with Crippen molar-refractivity contribution in [3.63, 3.8) is 0 Å². The highest BCUT2D eigenvalue weighted by atomic mass is 35.5. The first-order chi connectivity index (χ1) is 10.1. The highest BCUT2D eigenvalue weighted by Gasteiger charge is 2.22. The third-order valence-corrected chi connectivity index (χ3v) is 3.57. The summed E-state index contributed by atoms with van der Waals surface area (Å²) < 4.78 is 37.6. The molecule has 3 rings (SSSR count). The van der Waals surface area contributed by atoms with E-state index in [9.17, 15) is 13.9 Å². The van der Waals surface area contributed by atoms with Crippen LogP contribution in [0.25, 0.3) is 0 Å². The van der Waals surface area contributed by atoms with Gasteiger partial charge in [0.1, 0.15) is 11.6 Å². The lowest BCUT2D eigenvalue weighted by Gasteiger charge is -2.13. The van der Waals surface area contributed by atoms with Gasteiger partial charge in [-0.25, -0.2) is 8.78 Å². The van der Waals surface area contributed by atoms with Gasteiger partial charge in [-0.15, -0.1) is 0 Å². The molecule has 2 aromatic rings. The Morgan fingerprint density at radius 3 is 2.62 bits per heavy atom. The molecule has 2 aromatic carbocycles. The van der Waals surface area contributed by atoms with Crippen LogP contribution in [-0.4, -0.2) is 11.9 Å². The van der Waals surface area contributed by atoms with Gasteiger partial charge in [0.25, 0.3) is 0 Å². The summed E-state index contributed by atoms with van der Waals surface area (Å²) in [4.78, 5) is 0. The maximum Gasteiger partial charge on any atom is 0.231 e. The van der Waals surface area contributed by atoms with Crippen molar-refractivity contribution < 1.29 is 23.4 Å². The summed E-state index contributed by atoms with van der Waals surface area (Å²) in [5.74, 6) is -0.572. The molecule has 0 bridgehead atoms. The molecule has 0 spiro atoms. The van der Waals surface area contributed by atoms with Crippen molar-refractivity contribution in [1.82, 2.24) is 0 Å². The normalized spacial score (nSPS) is 14.3. The molecule has 6 heteroatoms. The summed E-state index contributed by atoms with van der Waals surface area (Å²) in [6.45, 7) is 0.0521. The summed E-state index contributed by atoms with van der Waals surface area (Å²) in [6.07, 6.45) is -1.31. The molecule has 21 heavy (non-hydrogen) atoms. The van der Waals surface area contributed by atoms with Crippen LogP contribution in [0.15, 0.2) is 30.3 Å². The number of ether oxygens (including phenoxy) is 2. The van der Waals surface area contributed by atoms with Crippen molar-refractivity contribution in [2.75, 3.05) is 6.79 Å². The van der Waals surface area contributed by atoms with Crippen LogP contribution in [-0.2, 0) is 6.42 Å². The molecule has 0 aromatic heterocycles. The molecule has 3 nitrogen and oxygen atoms in total. The Balaban J connectivity index is 1.89. The third kappa shape index (κ3) is 2.66. The second-order valence-corrected chi connectivity index (χ2v) is 5.06. The van der Waals surface area contributed by atoms with E-state index in [0.29, 0.717) is 17.1 Å². The Hall–Kier alpha value is -1.85. The maximum absolute atomic E-state index is 13.6. The summed E-state index contributed by atoms with van der Waals surface area (Å²) in [6, 6.07) is 6.63. The fourth-order valence-electron chi connectivity index (χ4n) is 2.22. The van der Waals surface area contributed by atoms with E-state index in [4.69, 9.17) is 21.1 Å². The lowest BCUT2D eigenvalue weighted by molar-refractivity contribution is 0.170. The number of aliphatic hydroxyl groups excluding tert-OH is 1. The van der Waals surface area contributed by atoms with Crippen molar-refractivity contribution in [3.8, 4) is 11.5 Å². The predicted molar refractivity (Wildman–Crippen MR) is 72.6 cm³/mol. The van der Waals surface area contributed by atoms with Gasteiger partial charge in [0, 0.05) is 12.0 Å². The number of aliphatic hydroxyl groups is 1. The molecule has 1 aliphatic rings. The van der Waals surface area contributed by atoms with Gasteiger partial charge in [-0.1, -0.05) is 17.7 Å². The molecule has 0 fully saturated rings. The molecule has 0 amide bonds. The van der Waals surface area contributed by atoms with Crippen LogP contribution >= 0.6 is 11.6 Å². The topological polar surface area (TPSA) is 38.7 Å². The number of hydrogen-bond donors (Lipinski definition) is 1. The van der Waals surface area contributed by atoms with E-state index in [1.54, 1.807) is 6.07 Å². The zero-order chi connectivity index (χ0) is 15.0. The standard InChI is InChI=1S/C15H11ClF2O3/c16-10-4-8(5-14-15(10)21-7-20-14)13(19)6-9-11(17)2-1-3-12(9)18/h1-5,13,19H,6-7H2. The third-order valence-electron chi connectivity index (χ3n) is 3.29. The number of hydrogen-bond acceptors (Lipinski definition) is 3. The number of benzene rings is 2. The largest absolute Gasteiger partial charge is 0.454 e. The summed E-state index contributed by atoms with van der Waals surface area (Å²) >= 11 is 6.02. The quantitative estimate of drug-likeness (QED) is 0.940. The van der Waals surface area contributed by atoms with E-state index >= 15 is 0 Å². The molecular formula is C15H11ClF2O3. The monoisotopic (exact) mass is 312 g/mol. The van der Waals surface area contributed by atoms with Crippen LogP contribution < -0.4 is 9.47 Å². The first kappa shape index (κ1) is 14.1. The Kier molecular flexibility index (Phi) is 3.69. The molecule has 0 saturated carbocycles. The second kappa shape index (κ2) is 5.50. The molecule has 1 N–H and O–H groups in total.